The topological polar surface area (TPSA) is 61.9 Å². The van der Waals surface area contributed by atoms with E-state index in [4.69, 9.17) is 0 Å². The maximum absolute atomic E-state index is 11.9. The Hall–Kier alpha value is -1.39. The van der Waals surface area contributed by atoms with Crippen LogP contribution in [0.4, 0.5) is 0 Å². The number of carbonyl (C=O) groups is 1. The second kappa shape index (κ2) is 4.42. The molecule has 1 amide bonds. The zero-order valence-corrected chi connectivity index (χ0v) is 9.90. The summed E-state index contributed by atoms with van der Waals surface area (Å²) >= 11 is 0. The largest absolute Gasteiger partial charge is 0.336 e. The summed E-state index contributed by atoms with van der Waals surface area (Å²) < 4.78 is 0. The molecule has 0 aliphatic rings. The molecule has 0 spiro atoms. The van der Waals surface area contributed by atoms with E-state index >= 15 is 0 Å². The molecule has 0 aliphatic carbocycles. The predicted octanol–water partition coefficient (Wildman–Crippen LogP) is 1.23. The van der Waals surface area contributed by atoms with Gasteiger partial charge in [0.1, 0.15) is 5.82 Å². The molecule has 84 valence electrons. The van der Waals surface area contributed by atoms with Crippen molar-refractivity contribution in [1.29, 1.82) is 0 Å². The normalized spacial score (nSPS) is 12.9. The Bertz CT molecular complexity index is 345. The van der Waals surface area contributed by atoms with Crippen LogP contribution >= 0.6 is 0 Å². The monoisotopic (exact) mass is 210 g/mol. The van der Waals surface area contributed by atoms with Crippen LogP contribution in [0.25, 0.3) is 0 Å². The van der Waals surface area contributed by atoms with Gasteiger partial charge < -0.3 is 4.90 Å². The van der Waals surface area contributed by atoms with Crippen LogP contribution in [0.2, 0.25) is 0 Å². The number of H-pyrrole nitrogens is 1. The molecule has 0 saturated heterocycles. The molecular weight excluding hydrogens is 192 g/mol. The number of aromatic amines is 1. The standard InChI is InChI=1S/C10H18N4O/c1-6(2)7(3)14(5)10(15)9-11-8(4)12-13-9/h6-7H,1-5H3,(H,11,12,13). The highest BCUT2D eigenvalue weighted by Gasteiger charge is 2.22. The molecule has 1 unspecified atom stereocenters. The molecule has 1 rings (SSSR count). The number of nitrogens with one attached hydrogen (secondary N) is 1. The van der Waals surface area contributed by atoms with Crippen molar-refractivity contribution in [2.45, 2.75) is 33.7 Å². The van der Waals surface area contributed by atoms with Crippen LogP contribution in [0.5, 0.6) is 0 Å². The van der Waals surface area contributed by atoms with Crippen molar-refractivity contribution >= 4 is 5.91 Å². The summed E-state index contributed by atoms with van der Waals surface area (Å²) in [6.45, 7) is 7.95. The highest BCUT2D eigenvalue weighted by molar-refractivity contribution is 5.90. The zero-order chi connectivity index (χ0) is 11.6. The Balaban J connectivity index is 2.77. The third-order valence-corrected chi connectivity index (χ3v) is 2.68. The van der Waals surface area contributed by atoms with Crippen molar-refractivity contribution in [3.05, 3.63) is 11.6 Å². The van der Waals surface area contributed by atoms with Gasteiger partial charge in [0.2, 0.25) is 5.82 Å². The van der Waals surface area contributed by atoms with Gasteiger partial charge in [-0.2, -0.15) is 0 Å². The summed E-state index contributed by atoms with van der Waals surface area (Å²) in [5.74, 6) is 1.17. The van der Waals surface area contributed by atoms with E-state index in [9.17, 15) is 4.79 Å². The average Bonchev–Trinajstić information content (AvgIpc) is 2.61. The fourth-order valence-electron chi connectivity index (χ4n) is 1.23. The lowest BCUT2D eigenvalue weighted by Crippen LogP contribution is -2.38. The predicted molar refractivity (Wildman–Crippen MR) is 57.5 cm³/mol. The van der Waals surface area contributed by atoms with E-state index in [-0.39, 0.29) is 17.8 Å². The molecule has 0 aromatic carbocycles. The Morgan fingerprint density at radius 1 is 1.40 bits per heavy atom. The van der Waals surface area contributed by atoms with E-state index in [0.29, 0.717) is 11.7 Å². The highest BCUT2D eigenvalue weighted by Crippen LogP contribution is 2.10. The summed E-state index contributed by atoms with van der Waals surface area (Å²) in [4.78, 5) is 17.6. The van der Waals surface area contributed by atoms with Gasteiger partial charge in [0.05, 0.1) is 0 Å². The first-order chi connectivity index (χ1) is 6.93. The molecule has 0 radical (unpaired) electrons. The molecule has 0 bridgehead atoms. The van der Waals surface area contributed by atoms with E-state index in [2.05, 4.69) is 29.0 Å². The molecule has 15 heavy (non-hydrogen) atoms. The molecule has 1 N–H and O–H groups in total. The first-order valence-corrected chi connectivity index (χ1v) is 5.09. The summed E-state index contributed by atoms with van der Waals surface area (Å²) in [5.41, 5.74) is 0. The zero-order valence-electron chi connectivity index (χ0n) is 9.90. The average molecular weight is 210 g/mol. The number of hydrogen-bond donors (Lipinski definition) is 1. The molecule has 5 heteroatoms. The molecular formula is C10H18N4O. The Morgan fingerprint density at radius 2 is 2.00 bits per heavy atom. The highest BCUT2D eigenvalue weighted by atomic mass is 16.2. The Labute approximate surface area is 89.9 Å². The maximum atomic E-state index is 11.9. The van der Waals surface area contributed by atoms with Gasteiger partial charge in [-0.15, -0.1) is 5.10 Å². The van der Waals surface area contributed by atoms with E-state index in [0.717, 1.165) is 0 Å². The van der Waals surface area contributed by atoms with Crippen molar-refractivity contribution in [3.63, 3.8) is 0 Å². The minimum atomic E-state index is -0.138. The van der Waals surface area contributed by atoms with Crippen LogP contribution in [0, 0.1) is 12.8 Å². The summed E-state index contributed by atoms with van der Waals surface area (Å²) in [6, 6.07) is 0.177. The number of rotatable bonds is 3. The van der Waals surface area contributed by atoms with Crippen LogP contribution in [-0.4, -0.2) is 39.1 Å². The number of aromatic nitrogens is 3. The van der Waals surface area contributed by atoms with Crippen LogP contribution in [-0.2, 0) is 0 Å². The van der Waals surface area contributed by atoms with Gasteiger partial charge in [-0.1, -0.05) is 13.8 Å². The van der Waals surface area contributed by atoms with Crippen molar-refractivity contribution in [2.24, 2.45) is 5.92 Å². The van der Waals surface area contributed by atoms with Crippen LogP contribution in [0.15, 0.2) is 0 Å². The maximum Gasteiger partial charge on any atom is 0.293 e. The van der Waals surface area contributed by atoms with Crippen molar-refractivity contribution < 1.29 is 4.79 Å². The fourth-order valence-corrected chi connectivity index (χ4v) is 1.23. The Morgan fingerprint density at radius 3 is 2.40 bits per heavy atom. The van der Waals surface area contributed by atoms with Gasteiger partial charge in [-0.05, 0) is 19.8 Å². The minimum Gasteiger partial charge on any atom is -0.336 e. The van der Waals surface area contributed by atoms with Crippen LogP contribution in [0.1, 0.15) is 37.2 Å². The molecule has 0 saturated carbocycles. The first-order valence-electron chi connectivity index (χ1n) is 5.09. The number of carbonyl (C=O) groups excluding carboxylic acids is 1. The molecule has 1 aromatic heterocycles. The molecule has 1 aromatic rings. The van der Waals surface area contributed by atoms with Gasteiger partial charge >= 0.3 is 0 Å². The summed E-state index contributed by atoms with van der Waals surface area (Å²) in [5, 5.41) is 6.52. The van der Waals surface area contributed by atoms with Crippen molar-refractivity contribution in [3.8, 4) is 0 Å². The molecule has 0 aliphatic heterocycles. The van der Waals surface area contributed by atoms with E-state index in [1.807, 2.05) is 6.92 Å². The van der Waals surface area contributed by atoms with Crippen molar-refractivity contribution in [2.75, 3.05) is 7.05 Å². The summed E-state index contributed by atoms with van der Waals surface area (Å²) in [6.07, 6.45) is 0. The van der Waals surface area contributed by atoms with Gasteiger partial charge in [0.15, 0.2) is 0 Å². The van der Waals surface area contributed by atoms with Gasteiger partial charge in [0, 0.05) is 13.1 Å². The second-order valence-electron chi connectivity index (χ2n) is 4.15. The lowest BCUT2D eigenvalue weighted by atomic mass is 10.1. The number of amides is 1. The summed E-state index contributed by atoms with van der Waals surface area (Å²) in [7, 11) is 1.78. The fraction of sp³-hybridized carbons (Fsp3) is 0.700. The third-order valence-electron chi connectivity index (χ3n) is 2.68. The van der Waals surface area contributed by atoms with E-state index in [1.165, 1.54) is 0 Å². The lowest BCUT2D eigenvalue weighted by molar-refractivity contribution is 0.0695. The van der Waals surface area contributed by atoms with Crippen molar-refractivity contribution in [1.82, 2.24) is 20.1 Å². The third kappa shape index (κ3) is 2.55. The molecule has 1 heterocycles. The van der Waals surface area contributed by atoms with Crippen LogP contribution in [0.3, 0.4) is 0 Å². The van der Waals surface area contributed by atoms with Gasteiger partial charge in [0.25, 0.3) is 5.91 Å². The Kier molecular flexibility index (Phi) is 3.44. The lowest BCUT2D eigenvalue weighted by Gasteiger charge is -2.26. The second-order valence-corrected chi connectivity index (χ2v) is 4.15. The molecule has 1 atom stereocenters. The molecule has 5 nitrogen and oxygen atoms in total. The van der Waals surface area contributed by atoms with E-state index < -0.39 is 0 Å². The first kappa shape index (κ1) is 11.7. The van der Waals surface area contributed by atoms with Crippen LogP contribution < -0.4 is 0 Å². The molecule has 0 fully saturated rings. The van der Waals surface area contributed by atoms with E-state index in [1.54, 1.807) is 18.9 Å². The quantitative estimate of drug-likeness (QED) is 0.816. The SMILES string of the molecule is Cc1nc(C(=O)N(C)C(C)C(C)C)n[nH]1. The minimum absolute atomic E-state index is 0.138. The smallest absolute Gasteiger partial charge is 0.293 e. The van der Waals surface area contributed by atoms with Gasteiger partial charge in [-0.25, -0.2) is 4.98 Å². The van der Waals surface area contributed by atoms with Gasteiger partial charge in [-0.3, -0.25) is 9.89 Å². The number of aryl methyl sites for hydroxylation is 1. The number of hydrogen-bond acceptors (Lipinski definition) is 3. The number of nitrogens with zero attached hydrogens (tertiary/aromatic N) is 3.